The third-order valence-electron chi connectivity index (χ3n) is 2.52. The summed E-state index contributed by atoms with van der Waals surface area (Å²) >= 11 is 0. The summed E-state index contributed by atoms with van der Waals surface area (Å²) in [7, 11) is 0. The molecule has 1 amide bonds. The smallest absolute Gasteiger partial charge is 0.333 e. The van der Waals surface area contributed by atoms with Crippen molar-refractivity contribution in [3.05, 3.63) is 16.3 Å². The number of aryl methyl sites for hydroxylation is 1. The van der Waals surface area contributed by atoms with Crippen LogP contribution in [0, 0.1) is 12.8 Å². The fourth-order valence-corrected chi connectivity index (χ4v) is 1.03. The highest BCUT2D eigenvalue weighted by molar-refractivity contribution is 5.75. The van der Waals surface area contributed by atoms with Gasteiger partial charge in [-0.05, 0) is 19.8 Å². The molecule has 7 heteroatoms. The van der Waals surface area contributed by atoms with Crippen LogP contribution >= 0.6 is 0 Å². The molecule has 1 unspecified atom stereocenters. The van der Waals surface area contributed by atoms with E-state index in [9.17, 15) is 9.59 Å². The summed E-state index contributed by atoms with van der Waals surface area (Å²) in [4.78, 5) is 23.1. The number of carbonyl (C=O) groups is 1. The van der Waals surface area contributed by atoms with Crippen LogP contribution in [-0.2, 0) is 0 Å². The standard InChI is InChI=1S/C9H17N5O2/c1-5(2)6(3)11-8(15)14-9(16)13(10)7(4)12-14/h5-6H,10H2,1-4H3,(H,11,15). The second-order valence-corrected chi connectivity index (χ2v) is 4.09. The number of aromatic nitrogens is 3. The molecule has 1 aromatic heterocycles. The van der Waals surface area contributed by atoms with Crippen molar-refractivity contribution < 1.29 is 4.79 Å². The first-order valence-electron chi connectivity index (χ1n) is 5.09. The lowest BCUT2D eigenvalue weighted by atomic mass is 10.1. The highest BCUT2D eigenvalue weighted by Gasteiger charge is 2.17. The predicted octanol–water partition coefficient (Wildman–Crippen LogP) is -0.331. The molecule has 0 aromatic carbocycles. The number of hydrogen-bond donors (Lipinski definition) is 2. The van der Waals surface area contributed by atoms with E-state index < -0.39 is 11.7 Å². The van der Waals surface area contributed by atoms with E-state index in [1.54, 1.807) is 6.92 Å². The van der Waals surface area contributed by atoms with Crippen molar-refractivity contribution in [3.63, 3.8) is 0 Å². The molecule has 1 rings (SSSR count). The molecule has 1 heterocycles. The van der Waals surface area contributed by atoms with Gasteiger partial charge in [-0.15, -0.1) is 9.78 Å². The maximum atomic E-state index is 11.7. The molecule has 7 nitrogen and oxygen atoms in total. The van der Waals surface area contributed by atoms with Crippen molar-refractivity contribution in [3.8, 4) is 0 Å². The van der Waals surface area contributed by atoms with E-state index in [1.165, 1.54) is 0 Å². The maximum Gasteiger partial charge on any atom is 0.373 e. The highest BCUT2D eigenvalue weighted by atomic mass is 16.2. The van der Waals surface area contributed by atoms with Crippen molar-refractivity contribution in [2.75, 3.05) is 5.84 Å². The summed E-state index contributed by atoms with van der Waals surface area (Å²) in [5.74, 6) is 5.94. The van der Waals surface area contributed by atoms with Crippen LogP contribution < -0.4 is 16.8 Å². The van der Waals surface area contributed by atoms with E-state index in [0.717, 1.165) is 9.36 Å². The number of nitrogens with one attached hydrogen (secondary N) is 1. The summed E-state index contributed by atoms with van der Waals surface area (Å²) in [6, 6.07) is -0.596. The molecule has 0 radical (unpaired) electrons. The summed E-state index contributed by atoms with van der Waals surface area (Å²) < 4.78 is 1.56. The van der Waals surface area contributed by atoms with E-state index >= 15 is 0 Å². The number of carbonyl (C=O) groups excluding carboxylic acids is 1. The van der Waals surface area contributed by atoms with Crippen LogP contribution in [0.2, 0.25) is 0 Å². The van der Waals surface area contributed by atoms with Crippen LogP contribution in [0.15, 0.2) is 4.79 Å². The maximum absolute atomic E-state index is 11.7. The molecule has 0 saturated carbocycles. The Kier molecular flexibility index (Phi) is 3.36. The third-order valence-corrected chi connectivity index (χ3v) is 2.52. The van der Waals surface area contributed by atoms with E-state index in [2.05, 4.69) is 10.4 Å². The normalized spacial score (nSPS) is 12.8. The van der Waals surface area contributed by atoms with Gasteiger partial charge in [-0.1, -0.05) is 13.8 Å². The molecule has 0 aliphatic carbocycles. The van der Waals surface area contributed by atoms with Crippen molar-refractivity contribution in [1.82, 2.24) is 19.8 Å². The molecule has 0 bridgehead atoms. The number of nitrogen functional groups attached to an aromatic ring is 1. The minimum absolute atomic E-state index is 0.0392. The summed E-state index contributed by atoms with van der Waals surface area (Å²) in [5.41, 5.74) is -0.647. The van der Waals surface area contributed by atoms with Crippen LogP contribution in [0.3, 0.4) is 0 Å². The number of rotatable bonds is 2. The molecule has 90 valence electrons. The first-order valence-corrected chi connectivity index (χ1v) is 5.09. The SMILES string of the molecule is Cc1nn(C(=O)NC(C)C(C)C)c(=O)n1N. The van der Waals surface area contributed by atoms with Crippen LogP contribution in [0.25, 0.3) is 0 Å². The van der Waals surface area contributed by atoms with Gasteiger partial charge in [-0.3, -0.25) is 0 Å². The Morgan fingerprint density at radius 3 is 2.38 bits per heavy atom. The van der Waals surface area contributed by atoms with Gasteiger partial charge < -0.3 is 11.2 Å². The lowest BCUT2D eigenvalue weighted by Gasteiger charge is -2.16. The molecule has 16 heavy (non-hydrogen) atoms. The van der Waals surface area contributed by atoms with Gasteiger partial charge in [0.2, 0.25) is 0 Å². The lowest BCUT2D eigenvalue weighted by Crippen LogP contribution is -2.44. The average molecular weight is 227 g/mol. The quantitative estimate of drug-likeness (QED) is 0.676. The first kappa shape index (κ1) is 12.3. The van der Waals surface area contributed by atoms with Gasteiger partial charge in [0.15, 0.2) is 5.82 Å². The molecule has 0 saturated heterocycles. The van der Waals surface area contributed by atoms with Crippen molar-refractivity contribution in [2.45, 2.75) is 33.7 Å². The minimum Gasteiger partial charge on any atom is -0.333 e. The van der Waals surface area contributed by atoms with Gasteiger partial charge >= 0.3 is 11.7 Å². The van der Waals surface area contributed by atoms with Gasteiger partial charge in [-0.2, -0.15) is 4.68 Å². The van der Waals surface area contributed by atoms with Gasteiger partial charge in [-0.25, -0.2) is 9.59 Å². The minimum atomic E-state index is -0.647. The Balaban J connectivity index is 2.90. The average Bonchev–Trinajstić information content (AvgIpc) is 2.45. The Hall–Kier alpha value is -1.79. The van der Waals surface area contributed by atoms with Crippen LogP contribution in [0.5, 0.6) is 0 Å². The molecular formula is C9H17N5O2. The zero-order valence-corrected chi connectivity index (χ0v) is 9.89. The van der Waals surface area contributed by atoms with E-state index in [4.69, 9.17) is 5.84 Å². The molecule has 0 aliphatic rings. The Morgan fingerprint density at radius 1 is 1.44 bits per heavy atom. The van der Waals surface area contributed by atoms with Gasteiger partial charge in [0, 0.05) is 6.04 Å². The lowest BCUT2D eigenvalue weighted by molar-refractivity contribution is 0.232. The van der Waals surface area contributed by atoms with Gasteiger partial charge in [0.05, 0.1) is 0 Å². The molecule has 0 fully saturated rings. The zero-order chi connectivity index (χ0) is 12.5. The first-order chi connectivity index (χ1) is 7.34. The monoisotopic (exact) mass is 227 g/mol. The Labute approximate surface area is 93.2 Å². The zero-order valence-electron chi connectivity index (χ0n) is 9.89. The van der Waals surface area contributed by atoms with Crippen molar-refractivity contribution in [1.29, 1.82) is 0 Å². The number of nitrogens with zero attached hydrogens (tertiary/aromatic N) is 3. The predicted molar refractivity (Wildman–Crippen MR) is 59.6 cm³/mol. The van der Waals surface area contributed by atoms with E-state index in [-0.39, 0.29) is 17.8 Å². The molecular weight excluding hydrogens is 210 g/mol. The molecule has 0 spiro atoms. The number of nitrogens with two attached hydrogens (primary N) is 1. The van der Waals surface area contributed by atoms with Crippen LogP contribution in [0.1, 0.15) is 26.6 Å². The number of amides is 1. The second kappa shape index (κ2) is 4.38. The van der Waals surface area contributed by atoms with Crippen molar-refractivity contribution >= 4 is 6.03 Å². The largest absolute Gasteiger partial charge is 0.373 e. The van der Waals surface area contributed by atoms with Crippen molar-refractivity contribution in [2.24, 2.45) is 5.92 Å². The summed E-state index contributed by atoms with van der Waals surface area (Å²) in [6.07, 6.45) is 0. The summed E-state index contributed by atoms with van der Waals surface area (Å²) in [6.45, 7) is 7.36. The van der Waals surface area contributed by atoms with Crippen LogP contribution in [0.4, 0.5) is 4.79 Å². The van der Waals surface area contributed by atoms with E-state index in [0.29, 0.717) is 0 Å². The Morgan fingerprint density at radius 2 is 2.00 bits per heavy atom. The number of hydrogen-bond acceptors (Lipinski definition) is 4. The van der Waals surface area contributed by atoms with E-state index in [1.807, 2.05) is 20.8 Å². The van der Waals surface area contributed by atoms with Gasteiger partial charge in [0.25, 0.3) is 0 Å². The third kappa shape index (κ3) is 2.23. The second-order valence-electron chi connectivity index (χ2n) is 4.09. The molecule has 1 atom stereocenters. The highest BCUT2D eigenvalue weighted by Crippen LogP contribution is 1.99. The Bertz CT molecular complexity index is 445. The molecule has 1 aromatic rings. The van der Waals surface area contributed by atoms with Gasteiger partial charge in [0.1, 0.15) is 0 Å². The molecule has 3 N–H and O–H groups in total. The fraction of sp³-hybridized carbons (Fsp3) is 0.667. The topological polar surface area (TPSA) is 94.9 Å². The van der Waals surface area contributed by atoms with Crippen LogP contribution in [-0.4, -0.2) is 26.5 Å². The molecule has 0 aliphatic heterocycles. The fourth-order valence-electron chi connectivity index (χ4n) is 1.03. The summed E-state index contributed by atoms with van der Waals surface area (Å²) in [5, 5.41) is 6.42.